The third-order valence-electron chi connectivity index (χ3n) is 1.72. The summed E-state index contributed by atoms with van der Waals surface area (Å²) in [6.07, 6.45) is 0. The van der Waals surface area contributed by atoms with Crippen molar-refractivity contribution in [2.24, 2.45) is 5.14 Å². The number of hydrogen-bond acceptors (Lipinski definition) is 4. The standard InChI is InChI=1S/C9H10INO4S/c10-5-6-15-9(12)7-3-1-2-4-8(7)16(11,13)14/h1-4H,5-6H2,(H2,11,13,14). The van der Waals surface area contributed by atoms with Gasteiger partial charge in [0.25, 0.3) is 0 Å². The molecular formula is C9H10INO4S. The molecule has 0 unspecified atom stereocenters. The zero-order valence-corrected chi connectivity index (χ0v) is 11.2. The number of ether oxygens (including phenoxy) is 1. The minimum Gasteiger partial charge on any atom is -0.461 e. The van der Waals surface area contributed by atoms with Crippen molar-refractivity contribution >= 4 is 38.6 Å². The number of rotatable bonds is 4. The van der Waals surface area contributed by atoms with Gasteiger partial charge < -0.3 is 4.74 Å². The molecule has 0 radical (unpaired) electrons. The molecule has 1 aromatic rings. The predicted octanol–water partition coefficient (Wildman–Crippen LogP) is 0.926. The van der Waals surface area contributed by atoms with E-state index in [-0.39, 0.29) is 17.1 Å². The zero-order valence-electron chi connectivity index (χ0n) is 8.22. The van der Waals surface area contributed by atoms with Crippen molar-refractivity contribution in [3.05, 3.63) is 29.8 Å². The summed E-state index contributed by atoms with van der Waals surface area (Å²) in [7, 11) is -3.91. The summed E-state index contributed by atoms with van der Waals surface area (Å²) in [5.74, 6) is -0.679. The van der Waals surface area contributed by atoms with Crippen molar-refractivity contribution in [3.63, 3.8) is 0 Å². The van der Waals surface area contributed by atoms with Crippen molar-refractivity contribution in [1.82, 2.24) is 0 Å². The number of primary sulfonamides is 1. The molecule has 0 spiro atoms. The fourth-order valence-electron chi connectivity index (χ4n) is 1.09. The molecule has 2 N–H and O–H groups in total. The molecule has 0 atom stereocenters. The van der Waals surface area contributed by atoms with Crippen LogP contribution in [0, 0.1) is 0 Å². The molecule has 0 aromatic heterocycles. The van der Waals surface area contributed by atoms with E-state index in [9.17, 15) is 13.2 Å². The van der Waals surface area contributed by atoms with Gasteiger partial charge in [0, 0.05) is 4.43 Å². The van der Waals surface area contributed by atoms with Gasteiger partial charge >= 0.3 is 5.97 Å². The monoisotopic (exact) mass is 355 g/mol. The highest BCUT2D eigenvalue weighted by Gasteiger charge is 2.19. The van der Waals surface area contributed by atoms with Crippen LogP contribution < -0.4 is 5.14 Å². The molecule has 0 saturated heterocycles. The fourth-order valence-corrected chi connectivity index (χ4v) is 2.04. The Hall–Kier alpha value is -0.670. The molecule has 0 amide bonds. The van der Waals surface area contributed by atoms with Gasteiger partial charge in [0.2, 0.25) is 10.0 Å². The lowest BCUT2D eigenvalue weighted by atomic mass is 10.2. The molecule has 0 heterocycles. The highest BCUT2D eigenvalue weighted by Crippen LogP contribution is 2.14. The number of nitrogens with two attached hydrogens (primary N) is 1. The second kappa shape index (κ2) is 5.60. The summed E-state index contributed by atoms with van der Waals surface area (Å²) in [4.78, 5) is 11.3. The van der Waals surface area contributed by atoms with Crippen LogP contribution in [-0.2, 0) is 14.8 Å². The normalized spacial score (nSPS) is 11.1. The molecule has 0 bridgehead atoms. The predicted molar refractivity (Wildman–Crippen MR) is 67.0 cm³/mol. The first kappa shape index (κ1) is 13.4. The summed E-state index contributed by atoms with van der Waals surface area (Å²) < 4.78 is 27.9. The number of sulfonamides is 1. The van der Waals surface area contributed by atoms with Gasteiger partial charge in [-0.3, -0.25) is 0 Å². The molecule has 1 aromatic carbocycles. The first-order valence-electron chi connectivity index (χ1n) is 4.31. The first-order chi connectivity index (χ1) is 7.46. The molecule has 0 aliphatic rings. The van der Waals surface area contributed by atoms with Gasteiger partial charge in [-0.15, -0.1) is 0 Å². The van der Waals surface area contributed by atoms with Crippen LogP contribution >= 0.6 is 22.6 Å². The molecule has 1 rings (SSSR count). The van der Waals surface area contributed by atoms with Crippen LogP contribution in [0.5, 0.6) is 0 Å². The lowest BCUT2D eigenvalue weighted by molar-refractivity contribution is 0.0528. The van der Waals surface area contributed by atoms with Crippen molar-refractivity contribution < 1.29 is 17.9 Å². The van der Waals surface area contributed by atoms with Gasteiger partial charge in [-0.05, 0) is 12.1 Å². The van der Waals surface area contributed by atoms with Gasteiger partial charge in [0.15, 0.2) is 0 Å². The van der Waals surface area contributed by atoms with Gasteiger partial charge in [-0.25, -0.2) is 18.4 Å². The summed E-state index contributed by atoms with van der Waals surface area (Å²) >= 11 is 2.04. The Morgan fingerprint density at radius 1 is 1.38 bits per heavy atom. The Balaban J connectivity index is 3.09. The van der Waals surface area contributed by atoms with E-state index in [4.69, 9.17) is 9.88 Å². The van der Waals surface area contributed by atoms with Gasteiger partial charge in [0.05, 0.1) is 10.5 Å². The van der Waals surface area contributed by atoms with Crippen LogP contribution in [0.15, 0.2) is 29.2 Å². The molecule has 7 heteroatoms. The molecule has 0 saturated carbocycles. The number of alkyl halides is 1. The maximum Gasteiger partial charge on any atom is 0.339 e. The van der Waals surface area contributed by atoms with Crippen LogP contribution in [0.2, 0.25) is 0 Å². The van der Waals surface area contributed by atoms with Crippen molar-refractivity contribution in [3.8, 4) is 0 Å². The minimum absolute atomic E-state index is 0.0325. The van der Waals surface area contributed by atoms with Crippen LogP contribution in [-0.4, -0.2) is 25.4 Å². The summed E-state index contributed by atoms with van der Waals surface area (Å²) in [6, 6.07) is 5.69. The lowest BCUT2D eigenvalue weighted by Gasteiger charge is -2.06. The van der Waals surface area contributed by atoms with Crippen molar-refractivity contribution in [1.29, 1.82) is 0 Å². The summed E-state index contributed by atoms with van der Waals surface area (Å²) in [5, 5.41) is 4.99. The molecule has 0 aliphatic heterocycles. The van der Waals surface area contributed by atoms with Gasteiger partial charge in [0.1, 0.15) is 6.61 Å². The minimum atomic E-state index is -3.91. The van der Waals surface area contributed by atoms with Crippen LogP contribution in [0.4, 0.5) is 0 Å². The third kappa shape index (κ3) is 3.42. The van der Waals surface area contributed by atoms with Crippen LogP contribution in [0.3, 0.4) is 0 Å². The third-order valence-corrected chi connectivity index (χ3v) is 3.13. The topological polar surface area (TPSA) is 86.5 Å². The Labute approximate surface area is 107 Å². The molecule has 0 aliphatic carbocycles. The number of carbonyl (C=O) groups is 1. The van der Waals surface area contributed by atoms with Crippen molar-refractivity contribution in [2.45, 2.75) is 4.90 Å². The smallest absolute Gasteiger partial charge is 0.339 e. The van der Waals surface area contributed by atoms with E-state index in [2.05, 4.69) is 0 Å². The van der Waals surface area contributed by atoms with E-state index >= 15 is 0 Å². The summed E-state index contributed by atoms with van der Waals surface area (Å²) in [5.41, 5.74) is -0.0325. The van der Waals surface area contributed by atoms with Crippen molar-refractivity contribution in [2.75, 3.05) is 11.0 Å². The number of esters is 1. The largest absolute Gasteiger partial charge is 0.461 e. The maximum absolute atomic E-state index is 11.5. The van der Waals surface area contributed by atoms with E-state index in [1.54, 1.807) is 6.07 Å². The van der Waals surface area contributed by atoms with E-state index in [0.717, 1.165) is 0 Å². The number of carbonyl (C=O) groups excluding carboxylic acids is 1. The number of hydrogen-bond donors (Lipinski definition) is 1. The van der Waals surface area contributed by atoms with Crippen LogP contribution in [0.1, 0.15) is 10.4 Å². The number of benzene rings is 1. The Bertz CT molecular complexity index is 486. The van der Waals surface area contributed by atoms with Gasteiger partial charge in [-0.1, -0.05) is 34.7 Å². The quantitative estimate of drug-likeness (QED) is 0.495. The van der Waals surface area contributed by atoms with E-state index in [1.165, 1.54) is 18.2 Å². The van der Waals surface area contributed by atoms with Crippen LogP contribution in [0.25, 0.3) is 0 Å². The Kier molecular flexibility index (Phi) is 4.69. The molecule has 5 nitrogen and oxygen atoms in total. The highest BCUT2D eigenvalue weighted by molar-refractivity contribution is 14.1. The number of halogens is 1. The molecule has 0 fully saturated rings. The van der Waals surface area contributed by atoms with E-state index in [0.29, 0.717) is 4.43 Å². The maximum atomic E-state index is 11.5. The lowest BCUT2D eigenvalue weighted by Crippen LogP contribution is -2.18. The fraction of sp³-hybridized carbons (Fsp3) is 0.222. The average molecular weight is 355 g/mol. The van der Waals surface area contributed by atoms with Gasteiger partial charge in [-0.2, -0.15) is 0 Å². The first-order valence-corrected chi connectivity index (χ1v) is 7.39. The molecule has 88 valence electrons. The molecule has 16 heavy (non-hydrogen) atoms. The van der Waals surface area contributed by atoms with E-state index in [1.807, 2.05) is 22.6 Å². The zero-order chi connectivity index (χ0) is 12.2. The summed E-state index contributed by atoms with van der Waals surface area (Å²) in [6.45, 7) is 0.234. The Morgan fingerprint density at radius 2 is 2.00 bits per heavy atom. The second-order valence-electron chi connectivity index (χ2n) is 2.87. The van der Waals surface area contributed by atoms with E-state index < -0.39 is 16.0 Å². The Morgan fingerprint density at radius 3 is 2.56 bits per heavy atom. The average Bonchev–Trinajstić information content (AvgIpc) is 2.24. The highest BCUT2D eigenvalue weighted by atomic mass is 127. The molecular weight excluding hydrogens is 345 g/mol. The SMILES string of the molecule is NS(=O)(=O)c1ccccc1C(=O)OCCI. The second-order valence-corrected chi connectivity index (χ2v) is 5.47.